The summed E-state index contributed by atoms with van der Waals surface area (Å²) in [4.78, 5) is 12.8. The van der Waals surface area contributed by atoms with E-state index in [1.807, 2.05) is 75.3 Å². The number of ether oxygens (including phenoxy) is 1. The van der Waals surface area contributed by atoms with Crippen LogP contribution >= 0.6 is 0 Å². The smallest absolute Gasteiger partial charge is 0.410 e. The molecule has 1 rings (SSSR count). The molecule has 0 N–H and O–H groups in total. The molecule has 1 amide bonds. The Balaban J connectivity index is -0.000000163. The van der Waals surface area contributed by atoms with E-state index in [4.69, 9.17) is 4.74 Å². The molecule has 0 radical (unpaired) electrons. The molecule has 0 saturated carbocycles. The minimum atomic E-state index is -0.390. The molecule has 0 bridgehead atoms. The van der Waals surface area contributed by atoms with Crippen LogP contribution in [0.3, 0.4) is 0 Å². The zero-order valence-electron chi connectivity index (χ0n) is 20.9. The van der Waals surface area contributed by atoms with Gasteiger partial charge in [-0.05, 0) is 39.2 Å². The summed E-state index contributed by atoms with van der Waals surface area (Å²) in [5, 5.41) is 0. The standard InChI is InChI=1S/C10H12.C9H19NO2.3C2H6/c1-2-3-7-10-8-5-4-6-9-10;1-6-7-10(5)8(11)12-9(2,3)4;3*1-2/h3-9H,2H2,1H3;6-7H2,1-5H3;3*1-2H3/b7-3-;;;;. The Morgan fingerprint density at radius 2 is 1.43 bits per heavy atom. The van der Waals surface area contributed by atoms with Crippen LogP contribution in [0.1, 0.15) is 94.6 Å². The van der Waals surface area contributed by atoms with E-state index in [0.717, 1.165) is 19.4 Å². The first-order valence-electron chi connectivity index (χ1n) is 11.0. The second-order valence-corrected chi connectivity index (χ2v) is 6.12. The third-order valence-corrected chi connectivity index (χ3v) is 2.61. The van der Waals surface area contributed by atoms with E-state index < -0.39 is 0 Å². The number of hydrogen-bond donors (Lipinski definition) is 0. The first-order chi connectivity index (χ1) is 13.3. The summed E-state index contributed by atoms with van der Waals surface area (Å²) in [5.41, 5.74) is 0.892. The van der Waals surface area contributed by atoms with Gasteiger partial charge in [0.05, 0.1) is 0 Å². The molecule has 0 fully saturated rings. The lowest BCUT2D eigenvalue weighted by atomic mass is 10.2. The molecule has 166 valence electrons. The summed E-state index contributed by atoms with van der Waals surface area (Å²) in [6, 6.07) is 10.3. The number of rotatable bonds is 4. The van der Waals surface area contributed by atoms with Crippen molar-refractivity contribution in [3.05, 3.63) is 42.0 Å². The lowest BCUT2D eigenvalue weighted by Gasteiger charge is -2.24. The molecule has 0 atom stereocenters. The van der Waals surface area contributed by atoms with E-state index >= 15 is 0 Å². The minimum Gasteiger partial charge on any atom is -0.444 e. The molecule has 0 unspecified atom stereocenters. The Bertz CT molecular complexity index is 434. The molecule has 0 aliphatic heterocycles. The highest BCUT2D eigenvalue weighted by molar-refractivity contribution is 5.67. The second kappa shape index (κ2) is 25.2. The van der Waals surface area contributed by atoms with Crippen molar-refractivity contribution in [2.24, 2.45) is 0 Å². The fourth-order valence-corrected chi connectivity index (χ4v) is 1.58. The number of benzene rings is 1. The lowest BCUT2D eigenvalue weighted by Crippen LogP contribution is -2.34. The topological polar surface area (TPSA) is 29.5 Å². The number of amides is 1. The van der Waals surface area contributed by atoms with Crippen molar-refractivity contribution in [1.82, 2.24) is 4.90 Å². The van der Waals surface area contributed by atoms with Crippen LogP contribution in [-0.4, -0.2) is 30.2 Å². The molecule has 1 aromatic rings. The highest BCUT2D eigenvalue weighted by Crippen LogP contribution is 2.08. The van der Waals surface area contributed by atoms with Crippen molar-refractivity contribution in [2.45, 2.75) is 94.6 Å². The van der Waals surface area contributed by atoms with E-state index in [-0.39, 0.29) is 11.7 Å². The average molecular weight is 396 g/mol. The third kappa shape index (κ3) is 26.5. The molecule has 3 nitrogen and oxygen atoms in total. The summed E-state index contributed by atoms with van der Waals surface area (Å²) in [6.45, 7) is 22.5. The number of allylic oxidation sites excluding steroid dienone is 1. The number of carbonyl (C=O) groups excluding carboxylic acids is 1. The Labute approximate surface area is 177 Å². The summed E-state index contributed by atoms with van der Waals surface area (Å²) in [7, 11) is 1.75. The Hall–Kier alpha value is -1.77. The van der Waals surface area contributed by atoms with Crippen molar-refractivity contribution in [1.29, 1.82) is 0 Å². The zero-order chi connectivity index (χ0) is 23.0. The van der Waals surface area contributed by atoms with Crippen molar-refractivity contribution in [2.75, 3.05) is 13.6 Å². The van der Waals surface area contributed by atoms with Crippen LogP contribution in [-0.2, 0) is 4.74 Å². The van der Waals surface area contributed by atoms with E-state index in [0.29, 0.717) is 0 Å². The molecule has 1 aromatic carbocycles. The first-order valence-corrected chi connectivity index (χ1v) is 11.0. The normalized spacial score (nSPS) is 9.14. The zero-order valence-corrected chi connectivity index (χ0v) is 20.9. The minimum absolute atomic E-state index is 0.246. The van der Waals surface area contributed by atoms with Crippen molar-refractivity contribution in [3.63, 3.8) is 0 Å². The first kappa shape index (κ1) is 33.8. The summed E-state index contributed by atoms with van der Waals surface area (Å²) >= 11 is 0. The predicted molar refractivity (Wildman–Crippen MR) is 129 cm³/mol. The fraction of sp³-hybridized carbons (Fsp3) is 0.640. The third-order valence-electron chi connectivity index (χ3n) is 2.61. The van der Waals surface area contributed by atoms with Gasteiger partial charge in [-0.1, -0.05) is 97.9 Å². The maximum Gasteiger partial charge on any atom is 0.410 e. The number of carbonyl (C=O) groups is 1. The van der Waals surface area contributed by atoms with Crippen LogP contribution in [0, 0.1) is 0 Å². The molecule has 0 saturated heterocycles. The SMILES string of the molecule is CC.CC.CC.CC/C=C\c1ccccc1.CCCN(C)C(=O)OC(C)(C)C. The molecule has 28 heavy (non-hydrogen) atoms. The molecular weight excluding hydrogens is 346 g/mol. The highest BCUT2D eigenvalue weighted by Gasteiger charge is 2.18. The van der Waals surface area contributed by atoms with Crippen molar-refractivity contribution >= 4 is 12.2 Å². The van der Waals surface area contributed by atoms with Gasteiger partial charge in [0.2, 0.25) is 0 Å². The van der Waals surface area contributed by atoms with Gasteiger partial charge in [-0.2, -0.15) is 0 Å². The maximum absolute atomic E-state index is 11.3. The van der Waals surface area contributed by atoms with Gasteiger partial charge in [-0.25, -0.2) is 4.79 Å². The van der Waals surface area contributed by atoms with Gasteiger partial charge in [-0.3, -0.25) is 0 Å². The highest BCUT2D eigenvalue weighted by atomic mass is 16.6. The number of nitrogens with zero attached hydrogens (tertiary/aromatic N) is 1. The Kier molecular flexibility index (Phi) is 30.4. The van der Waals surface area contributed by atoms with Crippen molar-refractivity contribution < 1.29 is 9.53 Å². The second-order valence-electron chi connectivity index (χ2n) is 6.12. The van der Waals surface area contributed by atoms with E-state index in [2.05, 4.69) is 43.3 Å². The average Bonchev–Trinajstić information content (AvgIpc) is 2.71. The molecule has 0 aliphatic rings. The molecular formula is C25H49NO2. The van der Waals surface area contributed by atoms with Gasteiger partial charge in [0, 0.05) is 13.6 Å². The van der Waals surface area contributed by atoms with Gasteiger partial charge >= 0.3 is 6.09 Å². The van der Waals surface area contributed by atoms with Crippen molar-refractivity contribution in [3.8, 4) is 0 Å². The van der Waals surface area contributed by atoms with E-state index in [1.54, 1.807) is 11.9 Å². The van der Waals surface area contributed by atoms with Gasteiger partial charge in [0.15, 0.2) is 0 Å². The van der Waals surface area contributed by atoms with E-state index in [1.165, 1.54) is 5.56 Å². The van der Waals surface area contributed by atoms with Crippen LogP contribution in [0.25, 0.3) is 6.08 Å². The summed E-state index contributed by atoms with van der Waals surface area (Å²) in [6.07, 6.45) is 6.12. The Morgan fingerprint density at radius 3 is 1.79 bits per heavy atom. The number of hydrogen-bond acceptors (Lipinski definition) is 2. The molecule has 0 spiro atoms. The van der Waals surface area contributed by atoms with Crippen LogP contribution < -0.4 is 0 Å². The molecule has 0 heterocycles. The molecule has 0 aliphatic carbocycles. The van der Waals surface area contributed by atoms with Gasteiger partial charge < -0.3 is 9.64 Å². The van der Waals surface area contributed by atoms with Crippen LogP contribution in [0.4, 0.5) is 4.79 Å². The summed E-state index contributed by atoms with van der Waals surface area (Å²) in [5.74, 6) is 0. The quantitative estimate of drug-likeness (QED) is 0.511. The fourth-order valence-electron chi connectivity index (χ4n) is 1.58. The van der Waals surface area contributed by atoms with Crippen LogP contribution in [0.2, 0.25) is 0 Å². The monoisotopic (exact) mass is 395 g/mol. The van der Waals surface area contributed by atoms with Gasteiger partial charge in [-0.15, -0.1) is 0 Å². The Morgan fingerprint density at radius 1 is 0.964 bits per heavy atom. The molecule has 3 heteroatoms. The molecule has 0 aromatic heterocycles. The largest absolute Gasteiger partial charge is 0.444 e. The van der Waals surface area contributed by atoms with Gasteiger partial charge in [0.25, 0.3) is 0 Å². The van der Waals surface area contributed by atoms with Crippen LogP contribution in [0.5, 0.6) is 0 Å². The predicted octanol–water partition coefficient (Wildman–Crippen LogP) is 8.45. The van der Waals surface area contributed by atoms with Gasteiger partial charge in [0.1, 0.15) is 5.60 Å². The summed E-state index contributed by atoms with van der Waals surface area (Å²) < 4.78 is 5.14. The van der Waals surface area contributed by atoms with Crippen LogP contribution in [0.15, 0.2) is 36.4 Å². The van der Waals surface area contributed by atoms with E-state index in [9.17, 15) is 4.79 Å². The lowest BCUT2D eigenvalue weighted by molar-refractivity contribution is 0.0299. The maximum atomic E-state index is 11.3.